The highest BCUT2D eigenvalue weighted by atomic mass is 16.3. The van der Waals surface area contributed by atoms with Crippen LogP contribution in [-0.4, -0.2) is 0 Å². The maximum absolute atomic E-state index is 13.9. The summed E-state index contributed by atoms with van der Waals surface area (Å²) in [4.78, 5) is 16.3. The van der Waals surface area contributed by atoms with E-state index in [0.717, 1.165) is 17.1 Å². The van der Waals surface area contributed by atoms with Crippen molar-refractivity contribution < 1.29 is 4.42 Å². The fraction of sp³-hybridized carbons (Fsp3) is 0.218. The van der Waals surface area contributed by atoms with Crippen molar-refractivity contribution in [2.45, 2.75) is 77.0 Å². The third-order valence-electron chi connectivity index (χ3n) is 14.3. The standard InChI is InChI=1S/C55H47NO2/c1-52(2)41-18-12-9-15-35(41)37-24-21-32(27-44(37)52)56(33-22-25-38-36-16-10-13-19-42(36)53(3,4)45(38)28-33)34-23-26-43-46(29-34)55(7,8)48-31-50-40(30-47(48)54(43,5)6)51(57)39-17-11-14-20-49(39)58-50/h9-31H,1-8H3. The van der Waals surface area contributed by atoms with Crippen LogP contribution in [0.15, 0.2) is 149 Å². The highest BCUT2D eigenvalue weighted by Gasteiger charge is 2.43. The van der Waals surface area contributed by atoms with Gasteiger partial charge in [-0.1, -0.05) is 134 Å². The zero-order valence-electron chi connectivity index (χ0n) is 34.5. The Morgan fingerprint density at radius 1 is 0.362 bits per heavy atom. The van der Waals surface area contributed by atoms with Crippen LogP contribution in [0.2, 0.25) is 0 Å². The van der Waals surface area contributed by atoms with E-state index in [9.17, 15) is 4.79 Å². The molecule has 0 fully saturated rings. The molecular formula is C55H47NO2. The predicted molar refractivity (Wildman–Crippen MR) is 240 cm³/mol. The Bertz CT molecular complexity index is 3050. The van der Waals surface area contributed by atoms with Crippen LogP contribution in [0.1, 0.15) is 99.9 Å². The topological polar surface area (TPSA) is 33.5 Å². The monoisotopic (exact) mass is 753 g/mol. The van der Waals surface area contributed by atoms with Crippen molar-refractivity contribution in [2.24, 2.45) is 0 Å². The van der Waals surface area contributed by atoms with Gasteiger partial charge in [0.1, 0.15) is 11.2 Å². The summed E-state index contributed by atoms with van der Waals surface area (Å²) < 4.78 is 6.47. The molecule has 0 spiro atoms. The second kappa shape index (κ2) is 11.5. The molecule has 11 rings (SSSR count). The number of nitrogens with zero attached hydrogens (tertiary/aromatic N) is 1. The minimum atomic E-state index is -0.386. The SMILES string of the molecule is CC1(C)c2ccccc2-c2ccc(N(c3ccc4c(c3)C(C)(C)c3ccccc3-4)c3ccc4c(c3)C(C)(C)c3cc5oc6ccccc6c(=O)c5cc3C4(C)C)cc21. The summed E-state index contributed by atoms with van der Waals surface area (Å²) in [6.07, 6.45) is 0. The molecule has 0 bridgehead atoms. The molecule has 0 radical (unpaired) electrons. The average Bonchev–Trinajstić information content (AvgIpc) is 3.59. The van der Waals surface area contributed by atoms with Crippen LogP contribution in [-0.2, 0) is 21.7 Å². The van der Waals surface area contributed by atoms with Crippen molar-refractivity contribution in [3.8, 4) is 22.3 Å². The fourth-order valence-corrected chi connectivity index (χ4v) is 11.0. The minimum Gasteiger partial charge on any atom is -0.456 e. The molecular weight excluding hydrogens is 707 g/mol. The first-order valence-electron chi connectivity index (χ1n) is 20.6. The van der Waals surface area contributed by atoms with Crippen LogP contribution >= 0.6 is 0 Å². The molecule has 1 aromatic heterocycles. The van der Waals surface area contributed by atoms with Crippen molar-refractivity contribution in [2.75, 3.05) is 4.90 Å². The lowest BCUT2D eigenvalue weighted by Crippen LogP contribution is -2.37. The number of fused-ring (bicyclic) bond motifs is 10. The maximum atomic E-state index is 13.9. The molecule has 0 amide bonds. The summed E-state index contributed by atoms with van der Waals surface area (Å²) in [6, 6.07) is 50.8. The third-order valence-corrected chi connectivity index (χ3v) is 14.3. The van der Waals surface area contributed by atoms with E-state index < -0.39 is 0 Å². The molecule has 3 nitrogen and oxygen atoms in total. The fourth-order valence-electron chi connectivity index (χ4n) is 11.0. The Morgan fingerprint density at radius 3 is 1.40 bits per heavy atom. The zero-order chi connectivity index (χ0) is 40.1. The summed E-state index contributed by atoms with van der Waals surface area (Å²) >= 11 is 0. The summed E-state index contributed by atoms with van der Waals surface area (Å²) in [6.45, 7) is 18.7. The Labute approximate surface area is 340 Å². The van der Waals surface area contributed by atoms with E-state index in [1.165, 1.54) is 66.8 Å². The number of anilines is 3. The van der Waals surface area contributed by atoms with E-state index in [4.69, 9.17) is 4.42 Å². The average molecular weight is 754 g/mol. The molecule has 7 aromatic carbocycles. The molecule has 0 N–H and O–H groups in total. The van der Waals surface area contributed by atoms with Gasteiger partial charge in [0.2, 0.25) is 5.43 Å². The number of benzene rings is 7. The molecule has 3 aliphatic rings. The van der Waals surface area contributed by atoms with Crippen molar-refractivity contribution in [1.29, 1.82) is 0 Å². The Balaban J connectivity index is 1.12. The summed E-state index contributed by atoms with van der Waals surface area (Å²) in [5.74, 6) is 0. The minimum absolute atomic E-state index is 0.0197. The maximum Gasteiger partial charge on any atom is 0.200 e. The molecule has 8 aromatic rings. The predicted octanol–water partition coefficient (Wildman–Crippen LogP) is 14.0. The molecule has 0 atom stereocenters. The first-order chi connectivity index (χ1) is 27.7. The number of rotatable bonds is 3. The first-order valence-corrected chi connectivity index (χ1v) is 20.6. The van der Waals surface area contributed by atoms with E-state index in [1.54, 1.807) is 0 Å². The zero-order valence-corrected chi connectivity index (χ0v) is 34.5. The summed E-state index contributed by atoms with van der Waals surface area (Å²) in [7, 11) is 0. The lowest BCUT2D eigenvalue weighted by atomic mass is 9.60. The van der Waals surface area contributed by atoms with Gasteiger partial charge in [0.25, 0.3) is 0 Å². The van der Waals surface area contributed by atoms with Gasteiger partial charge in [-0.15, -0.1) is 0 Å². The second-order valence-corrected chi connectivity index (χ2v) is 18.9. The number of hydrogen-bond donors (Lipinski definition) is 0. The van der Waals surface area contributed by atoms with Crippen molar-refractivity contribution in [3.05, 3.63) is 194 Å². The van der Waals surface area contributed by atoms with Crippen LogP contribution in [0.3, 0.4) is 0 Å². The van der Waals surface area contributed by atoms with E-state index in [2.05, 4.69) is 176 Å². The van der Waals surface area contributed by atoms with Crippen LogP contribution in [0.4, 0.5) is 17.1 Å². The van der Waals surface area contributed by atoms with Gasteiger partial charge in [-0.25, -0.2) is 0 Å². The highest BCUT2D eigenvalue weighted by molar-refractivity contribution is 5.92. The third kappa shape index (κ3) is 4.53. The quantitative estimate of drug-likeness (QED) is 0.169. The Hall–Kier alpha value is -6.19. The van der Waals surface area contributed by atoms with Gasteiger partial charge in [-0.05, 0) is 127 Å². The molecule has 284 valence electrons. The van der Waals surface area contributed by atoms with Crippen LogP contribution in [0.5, 0.6) is 0 Å². The van der Waals surface area contributed by atoms with Gasteiger partial charge in [0, 0.05) is 38.7 Å². The van der Waals surface area contributed by atoms with Crippen molar-refractivity contribution in [1.82, 2.24) is 0 Å². The lowest BCUT2D eigenvalue weighted by molar-refractivity contribution is 0.520. The molecule has 3 aliphatic carbocycles. The van der Waals surface area contributed by atoms with Gasteiger partial charge in [0.05, 0.1) is 10.8 Å². The summed E-state index contributed by atoms with van der Waals surface area (Å²) in [5, 5.41) is 1.25. The normalized spacial score (nSPS) is 16.9. The van der Waals surface area contributed by atoms with E-state index in [0.29, 0.717) is 21.9 Å². The molecule has 0 saturated carbocycles. The smallest absolute Gasteiger partial charge is 0.200 e. The molecule has 0 saturated heterocycles. The van der Waals surface area contributed by atoms with Gasteiger partial charge >= 0.3 is 0 Å². The second-order valence-electron chi connectivity index (χ2n) is 18.9. The van der Waals surface area contributed by atoms with Gasteiger partial charge in [0.15, 0.2) is 0 Å². The molecule has 0 unspecified atom stereocenters. The van der Waals surface area contributed by atoms with E-state index in [-0.39, 0.29) is 27.1 Å². The largest absolute Gasteiger partial charge is 0.456 e. The molecule has 1 heterocycles. The van der Waals surface area contributed by atoms with E-state index >= 15 is 0 Å². The van der Waals surface area contributed by atoms with Crippen LogP contribution < -0.4 is 10.3 Å². The first kappa shape index (κ1) is 35.0. The van der Waals surface area contributed by atoms with Gasteiger partial charge in [-0.3, -0.25) is 4.79 Å². The Kier molecular flexibility index (Phi) is 6.93. The van der Waals surface area contributed by atoms with E-state index in [1.807, 2.05) is 24.3 Å². The van der Waals surface area contributed by atoms with Crippen molar-refractivity contribution in [3.63, 3.8) is 0 Å². The van der Waals surface area contributed by atoms with Crippen LogP contribution in [0, 0.1) is 0 Å². The van der Waals surface area contributed by atoms with Gasteiger partial charge in [-0.2, -0.15) is 0 Å². The van der Waals surface area contributed by atoms with Crippen LogP contribution in [0.25, 0.3) is 44.2 Å². The number of hydrogen-bond acceptors (Lipinski definition) is 3. The summed E-state index contributed by atoms with van der Waals surface area (Å²) in [5.41, 5.74) is 19.3. The molecule has 3 heteroatoms. The lowest BCUT2D eigenvalue weighted by Gasteiger charge is -2.44. The molecule has 0 aliphatic heterocycles. The Morgan fingerprint density at radius 2 is 0.793 bits per heavy atom. The highest BCUT2D eigenvalue weighted by Crippen LogP contribution is 2.55. The van der Waals surface area contributed by atoms with Gasteiger partial charge < -0.3 is 9.32 Å². The number of para-hydroxylation sites is 1. The van der Waals surface area contributed by atoms with Crippen molar-refractivity contribution >= 4 is 39.0 Å². The molecule has 58 heavy (non-hydrogen) atoms.